The molecule has 0 N–H and O–H groups in total. The smallest absolute Gasteiger partial charge is 0.306 e. The predicted molar refractivity (Wildman–Crippen MR) is 41.6 cm³/mol. The fourth-order valence-corrected chi connectivity index (χ4v) is 0.949. The van der Waals surface area contributed by atoms with Crippen LogP contribution < -0.4 is 0 Å². The van der Waals surface area contributed by atoms with Gasteiger partial charge in [-0.1, -0.05) is 6.92 Å². The minimum Gasteiger partial charge on any atom is -0.306 e. The normalized spacial score (nSPS) is 12.8. The van der Waals surface area contributed by atoms with Gasteiger partial charge >= 0.3 is 6.86 Å². The topological polar surface area (TPSA) is 3.24 Å². The Morgan fingerprint density at radius 3 is 1.75 bits per heavy atom. The predicted octanol–water partition coefficient (Wildman–Crippen LogP) is 1.98. The highest BCUT2D eigenvalue weighted by Gasteiger charge is 2.28. The molecule has 0 aliphatic rings. The molecule has 0 spiro atoms. The lowest BCUT2D eigenvalue weighted by Crippen LogP contribution is -2.37. The standard InChI is InChI=1S/C4H11Cl2NSi/c1-4-8(5,6)7(2)3/h4H2,1-3H3. The summed E-state index contributed by atoms with van der Waals surface area (Å²) in [5.41, 5.74) is 0. The lowest BCUT2D eigenvalue weighted by Gasteiger charge is -2.21. The Morgan fingerprint density at radius 2 is 1.75 bits per heavy atom. The zero-order chi connectivity index (χ0) is 6.78. The number of nitrogens with zero attached hydrogens (tertiary/aromatic N) is 1. The van der Waals surface area contributed by atoms with E-state index in [0.717, 1.165) is 6.04 Å². The highest BCUT2D eigenvalue weighted by molar-refractivity contribution is 7.43. The molecule has 50 valence electrons. The van der Waals surface area contributed by atoms with Crippen LogP contribution in [0.5, 0.6) is 0 Å². The van der Waals surface area contributed by atoms with Crippen molar-refractivity contribution < 1.29 is 0 Å². The van der Waals surface area contributed by atoms with Gasteiger partial charge in [-0.25, -0.2) is 0 Å². The summed E-state index contributed by atoms with van der Waals surface area (Å²) in [6.45, 7) is 0.0293. The van der Waals surface area contributed by atoms with Gasteiger partial charge in [-0.15, -0.1) is 22.2 Å². The second-order valence-electron chi connectivity index (χ2n) is 1.91. The maximum Gasteiger partial charge on any atom is 0.324 e. The SMILES string of the molecule is CC[Si](Cl)(Cl)N(C)C. The van der Waals surface area contributed by atoms with Crippen LogP contribution in [0.2, 0.25) is 6.04 Å². The monoisotopic (exact) mass is 171 g/mol. The molecule has 0 aliphatic carbocycles. The van der Waals surface area contributed by atoms with Crippen molar-refractivity contribution in [3.05, 3.63) is 0 Å². The molecule has 1 nitrogen and oxygen atoms in total. The lowest BCUT2D eigenvalue weighted by atomic mass is 11.0. The zero-order valence-corrected chi connectivity index (χ0v) is 7.92. The summed E-state index contributed by atoms with van der Waals surface area (Å²) in [6, 6.07) is 0.878. The van der Waals surface area contributed by atoms with Gasteiger partial charge < -0.3 is 4.57 Å². The second kappa shape index (κ2) is 3.06. The molecule has 0 aromatic carbocycles. The number of hydrogen-bond donors (Lipinski definition) is 0. The Labute approximate surface area is 61.1 Å². The van der Waals surface area contributed by atoms with Crippen LogP contribution in [0.4, 0.5) is 0 Å². The van der Waals surface area contributed by atoms with Gasteiger partial charge in [0.2, 0.25) is 0 Å². The van der Waals surface area contributed by atoms with E-state index in [4.69, 9.17) is 22.2 Å². The van der Waals surface area contributed by atoms with E-state index in [1.807, 2.05) is 25.6 Å². The Hall–Kier alpha value is 0.757. The van der Waals surface area contributed by atoms with Gasteiger partial charge in [0.05, 0.1) is 0 Å². The molecule has 0 aliphatic heterocycles. The molecule has 8 heavy (non-hydrogen) atoms. The van der Waals surface area contributed by atoms with Crippen LogP contribution in [0.15, 0.2) is 0 Å². The van der Waals surface area contributed by atoms with Crippen molar-refractivity contribution in [2.75, 3.05) is 14.1 Å². The van der Waals surface area contributed by atoms with E-state index in [0.29, 0.717) is 0 Å². The molecule has 0 aromatic rings. The third kappa shape index (κ3) is 2.35. The molecule has 0 saturated heterocycles. The number of halogens is 2. The van der Waals surface area contributed by atoms with E-state index in [-0.39, 0.29) is 0 Å². The van der Waals surface area contributed by atoms with Crippen LogP contribution in [0, 0.1) is 0 Å². The van der Waals surface area contributed by atoms with Crippen LogP contribution in [0.25, 0.3) is 0 Å². The first-order valence-corrected chi connectivity index (χ1v) is 6.73. The first kappa shape index (κ1) is 8.76. The Morgan fingerprint density at radius 1 is 1.38 bits per heavy atom. The quantitative estimate of drug-likeness (QED) is 0.454. The summed E-state index contributed by atoms with van der Waals surface area (Å²) in [5.74, 6) is 0. The van der Waals surface area contributed by atoms with Crippen LogP contribution >= 0.6 is 22.2 Å². The second-order valence-corrected chi connectivity index (χ2v) is 9.18. The van der Waals surface area contributed by atoms with E-state index >= 15 is 0 Å². The molecule has 0 rings (SSSR count). The number of hydrogen-bond acceptors (Lipinski definition) is 1. The molecule has 0 bridgehead atoms. The van der Waals surface area contributed by atoms with Gasteiger partial charge in [-0.3, -0.25) is 0 Å². The average Bonchev–Trinajstić information content (AvgIpc) is 1.67. The Kier molecular flexibility index (Phi) is 3.35. The first-order valence-electron chi connectivity index (χ1n) is 2.56. The van der Waals surface area contributed by atoms with Gasteiger partial charge in [-0.2, -0.15) is 0 Å². The minimum absolute atomic E-state index is 0.878. The first-order chi connectivity index (χ1) is 3.50. The molecular weight excluding hydrogens is 161 g/mol. The van der Waals surface area contributed by atoms with Gasteiger partial charge in [0.1, 0.15) is 0 Å². The summed E-state index contributed by atoms with van der Waals surface area (Å²) in [4.78, 5) is 0. The molecule has 4 heteroatoms. The molecule has 0 fully saturated rings. The van der Waals surface area contributed by atoms with Crippen molar-refractivity contribution in [1.82, 2.24) is 4.57 Å². The molecule has 0 radical (unpaired) electrons. The minimum atomic E-state index is -1.98. The van der Waals surface area contributed by atoms with Crippen LogP contribution in [0.1, 0.15) is 6.92 Å². The van der Waals surface area contributed by atoms with Crippen LogP contribution in [-0.4, -0.2) is 25.5 Å². The van der Waals surface area contributed by atoms with E-state index in [1.165, 1.54) is 0 Å². The van der Waals surface area contributed by atoms with Crippen molar-refractivity contribution in [1.29, 1.82) is 0 Å². The van der Waals surface area contributed by atoms with Crippen molar-refractivity contribution in [3.8, 4) is 0 Å². The van der Waals surface area contributed by atoms with Crippen molar-refractivity contribution in [2.45, 2.75) is 13.0 Å². The third-order valence-corrected chi connectivity index (χ3v) is 6.87. The van der Waals surface area contributed by atoms with E-state index in [9.17, 15) is 0 Å². The highest BCUT2D eigenvalue weighted by Crippen LogP contribution is 2.20. The molecule has 0 heterocycles. The Balaban J connectivity index is 3.71. The highest BCUT2D eigenvalue weighted by atomic mass is 35.7. The molecule has 0 aromatic heterocycles. The van der Waals surface area contributed by atoms with Gasteiger partial charge in [0, 0.05) is 0 Å². The summed E-state index contributed by atoms with van der Waals surface area (Å²) < 4.78 is 1.91. The van der Waals surface area contributed by atoms with Crippen molar-refractivity contribution in [3.63, 3.8) is 0 Å². The van der Waals surface area contributed by atoms with E-state index in [2.05, 4.69) is 0 Å². The van der Waals surface area contributed by atoms with Crippen LogP contribution in [0.3, 0.4) is 0 Å². The maximum absolute atomic E-state index is 5.89. The summed E-state index contributed by atoms with van der Waals surface area (Å²) in [5, 5.41) is 0. The summed E-state index contributed by atoms with van der Waals surface area (Å²) in [7, 11) is 3.82. The van der Waals surface area contributed by atoms with Crippen molar-refractivity contribution in [2.24, 2.45) is 0 Å². The van der Waals surface area contributed by atoms with Crippen molar-refractivity contribution >= 4 is 29.0 Å². The van der Waals surface area contributed by atoms with E-state index < -0.39 is 6.86 Å². The molecule has 0 atom stereocenters. The van der Waals surface area contributed by atoms with E-state index in [1.54, 1.807) is 0 Å². The van der Waals surface area contributed by atoms with Gasteiger partial charge in [-0.05, 0) is 20.1 Å². The molecule has 0 amide bonds. The third-order valence-electron chi connectivity index (χ3n) is 1.08. The van der Waals surface area contributed by atoms with Gasteiger partial charge in [0.25, 0.3) is 0 Å². The fourth-order valence-electron chi connectivity index (χ4n) is 0.316. The molecule has 0 saturated carbocycles. The fraction of sp³-hybridized carbons (Fsp3) is 1.00. The average molecular weight is 172 g/mol. The Bertz CT molecular complexity index is 74.4. The molecule has 0 unspecified atom stereocenters. The van der Waals surface area contributed by atoms with Gasteiger partial charge in [0.15, 0.2) is 0 Å². The summed E-state index contributed by atoms with van der Waals surface area (Å²) >= 11 is 11.8. The zero-order valence-electron chi connectivity index (χ0n) is 5.41. The van der Waals surface area contributed by atoms with Crippen LogP contribution in [-0.2, 0) is 0 Å². The summed E-state index contributed by atoms with van der Waals surface area (Å²) in [6.07, 6.45) is 0. The lowest BCUT2D eigenvalue weighted by molar-refractivity contribution is 0.645. The maximum atomic E-state index is 5.89. The molecular formula is C4H11Cl2NSi. The number of rotatable bonds is 2. The largest absolute Gasteiger partial charge is 0.324 e.